The third-order valence-electron chi connectivity index (χ3n) is 7.82. The van der Waals surface area contributed by atoms with Crippen LogP contribution in [0.5, 0.6) is 11.5 Å². The number of benzene rings is 3. The minimum Gasteiger partial charge on any atom is -0.497 e. The number of carbonyl (C=O) groups is 2. The molecule has 9 nitrogen and oxygen atoms in total. The fourth-order valence-electron chi connectivity index (χ4n) is 5.47. The number of sulfonamides is 1. The summed E-state index contributed by atoms with van der Waals surface area (Å²) in [6, 6.07) is 18.7. The van der Waals surface area contributed by atoms with Crippen LogP contribution in [0.1, 0.15) is 43.2 Å². The third kappa shape index (κ3) is 8.72. The molecule has 0 heterocycles. The zero-order chi connectivity index (χ0) is 31.7. The molecule has 0 aliphatic heterocycles. The van der Waals surface area contributed by atoms with Gasteiger partial charge in [-0.3, -0.25) is 13.9 Å². The number of carbonyl (C=O) groups excluding carboxylic acids is 2. The summed E-state index contributed by atoms with van der Waals surface area (Å²) in [5.74, 6) is -0.701. The maximum atomic E-state index is 14.3. The van der Waals surface area contributed by atoms with Gasteiger partial charge in [0.2, 0.25) is 21.8 Å². The average molecular weight is 626 g/mol. The second-order valence-corrected chi connectivity index (χ2v) is 12.9. The number of hydrogen-bond donors (Lipinski definition) is 1. The van der Waals surface area contributed by atoms with E-state index in [-0.39, 0.29) is 36.4 Å². The van der Waals surface area contributed by atoms with Gasteiger partial charge < -0.3 is 19.7 Å². The summed E-state index contributed by atoms with van der Waals surface area (Å²) in [5.41, 5.74) is 1.58. The average Bonchev–Trinajstić information content (AvgIpc) is 3.02. The lowest BCUT2D eigenvalue weighted by atomic mass is 9.94. The van der Waals surface area contributed by atoms with E-state index in [4.69, 9.17) is 9.47 Å². The topological polar surface area (TPSA) is 105 Å². The summed E-state index contributed by atoms with van der Waals surface area (Å²) >= 11 is 0. The number of halogens is 1. The van der Waals surface area contributed by atoms with Crippen molar-refractivity contribution in [2.24, 2.45) is 0 Å². The molecular weight excluding hydrogens is 585 g/mol. The minimum atomic E-state index is -3.99. The van der Waals surface area contributed by atoms with Crippen molar-refractivity contribution in [3.8, 4) is 11.5 Å². The predicted molar refractivity (Wildman–Crippen MR) is 168 cm³/mol. The number of methoxy groups -OCH3 is 2. The number of nitrogens with one attached hydrogen (secondary N) is 1. The molecule has 11 heteroatoms. The molecule has 1 aliphatic carbocycles. The fourth-order valence-corrected chi connectivity index (χ4v) is 6.32. The monoisotopic (exact) mass is 625 g/mol. The van der Waals surface area contributed by atoms with Gasteiger partial charge in [0, 0.05) is 25.1 Å². The Morgan fingerprint density at radius 3 is 2.23 bits per heavy atom. The molecule has 1 saturated carbocycles. The highest BCUT2D eigenvalue weighted by molar-refractivity contribution is 7.92. The van der Waals surface area contributed by atoms with Crippen molar-refractivity contribution in [2.75, 3.05) is 31.3 Å². The summed E-state index contributed by atoms with van der Waals surface area (Å²) in [6.07, 6.45) is 6.07. The second-order valence-electron chi connectivity index (χ2n) is 11.0. The zero-order valence-electron chi connectivity index (χ0n) is 25.4. The Balaban J connectivity index is 1.74. The van der Waals surface area contributed by atoms with Crippen molar-refractivity contribution in [1.82, 2.24) is 10.2 Å². The van der Waals surface area contributed by atoms with Gasteiger partial charge in [0.1, 0.15) is 29.9 Å². The van der Waals surface area contributed by atoms with E-state index in [1.54, 1.807) is 18.2 Å². The molecule has 3 aromatic carbocycles. The van der Waals surface area contributed by atoms with Crippen LogP contribution < -0.4 is 19.1 Å². The first-order valence-electron chi connectivity index (χ1n) is 14.7. The van der Waals surface area contributed by atoms with Crippen molar-refractivity contribution in [3.63, 3.8) is 0 Å². The molecule has 0 saturated heterocycles. The Labute approximate surface area is 259 Å². The van der Waals surface area contributed by atoms with Crippen LogP contribution >= 0.6 is 0 Å². The van der Waals surface area contributed by atoms with Crippen molar-refractivity contribution >= 4 is 27.5 Å². The summed E-state index contributed by atoms with van der Waals surface area (Å²) in [7, 11) is -1.12. The van der Waals surface area contributed by atoms with E-state index >= 15 is 0 Å². The lowest BCUT2D eigenvalue weighted by Gasteiger charge is -2.35. The highest BCUT2D eigenvalue weighted by Crippen LogP contribution is 2.34. The van der Waals surface area contributed by atoms with E-state index < -0.39 is 34.3 Å². The number of nitrogens with zero attached hydrogens (tertiary/aromatic N) is 2. The van der Waals surface area contributed by atoms with E-state index in [2.05, 4.69) is 5.32 Å². The van der Waals surface area contributed by atoms with Crippen LogP contribution in [0, 0.1) is 5.82 Å². The number of rotatable bonds is 13. The van der Waals surface area contributed by atoms with E-state index in [1.165, 1.54) is 43.4 Å². The van der Waals surface area contributed by atoms with E-state index in [1.807, 2.05) is 30.3 Å². The second kappa shape index (κ2) is 15.1. The van der Waals surface area contributed by atoms with Crippen LogP contribution in [0.15, 0.2) is 72.8 Å². The molecule has 4 rings (SSSR count). The third-order valence-corrected chi connectivity index (χ3v) is 8.95. The molecule has 236 valence electrons. The Bertz CT molecular complexity index is 1510. The van der Waals surface area contributed by atoms with Crippen LogP contribution in [0.25, 0.3) is 0 Å². The molecule has 1 atom stereocenters. The Kier molecular flexibility index (Phi) is 11.2. The van der Waals surface area contributed by atoms with E-state index in [9.17, 15) is 22.4 Å². The van der Waals surface area contributed by atoms with Gasteiger partial charge >= 0.3 is 0 Å². The van der Waals surface area contributed by atoms with Gasteiger partial charge in [0.05, 0.1) is 26.2 Å². The smallest absolute Gasteiger partial charge is 0.244 e. The maximum absolute atomic E-state index is 14.3. The largest absolute Gasteiger partial charge is 0.497 e. The standard InChI is InChI=1S/C33H40FN3O6S/c1-42-28-18-19-29(31(21-28)43-2)37(44(3,40)41)23-32(38)36(22-25-14-16-26(34)17-15-25)30(20-24-10-6-4-7-11-24)33(39)35-27-12-8-5-9-13-27/h4,6-7,10-11,14-19,21,27,30H,5,8-9,12-13,20,22-23H2,1-3H3,(H,35,39)/t30-/m0/s1. The van der Waals surface area contributed by atoms with Crippen LogP contribution in [0.3, 0.4) is 0 Å². The predicted octanol–water partition coefficient (Wildman–Crippen LogP) is 4.70. The molecule has 0 bridgehead atoms. The van der Waals surface area contributed by atoms with Crippen molar-refractivity contribution in [2.45, 2.75) is 57.2 Å². The molecule has 2 amide bonds. The van der Waals surface area contributed by atoms with Gasteiger partial charge in [-0.25, -0.2) is 12.8 Å². The van der Waals surface area contributed by atoms with Crippen LogP contribution in [0.2, 0.25) is 0 Å². The lowest BCUT2D eigenvalue weighted by molar-refractivity contribution is -0.140. The Morgan fingerprint density at radius 1 is 0.932 bits per heavy atom. The normalized spacial score (nSPS) is 14.4. The first-order chi connectivity index (χ1) is 21.1. The molecule has 44 heavy (non-hydrogen) atoms. The molecule has 1 fully saturated rings. The van der Waals surface area contributed by atoms with E-state index in [0.717, 1.165) is 48.2 Å². The lowest BCUT2D eigenvalue weighted by Crippen LogP contribution is -2.55. The van der Waals surface area contributed by atoms with Crippen LogP contribution in [-0.2, 0) is 32.6 Å². The Hall–Kier alpha value is -4.12. The van der Waals surface area contributed by atoms with E-state index in [0.29, 0.717) is 11.3 Å². The summed E-state index contributed by atoms with van der Waals surface area (Å²) in [5, 5.41) is 3.16. The number of ether oxygens (including phenoxy) is 2. The van der Waals surface area contributed by atoms with Crippen LogP contribution in [0.4, 0.5) is 10.1 Å². The summed E-state index contributed by atoms with van der Waals surface area (Å²) < 4.78 is 51.7. The minimum absolute atomic E-state index is 0.00613. The van der Waals surface area contributed by atoms with Gasteiger partial charge in [0.25, 0.3) is 0 Å². The number of hydrogen-bond acceptors (Lipinski definition) is 6. The van der Waals surface area contributed by atoms with Crippen molar-refractivity contribution in [1.29, 1.82) is 0 Å². The first-order valence-corrected chi connectivity index (χ1v) is 16.5. The SMILES string of the molecule is COc1ccc(N(CC(=O)N(Cc2ccc(F)cc2)[C@@H](Cc2ccccc2)C(=O)NC2CCCCC2)S(C)(=O)=O)c(OC)c1. The molecule has 0 aromatic heterocycles. The Morgan fingerprint density at radius 2 is 1.61 bits per heavy atom. The highest BCUT2D eigenvalue weighted by atomic mass is 32.2. The van der Waals surface area contributed by atoms with Gasteiger partial charge in [0.15, 0.2) is 0 Å². The number of anilines is 1. The molecule has 0 unspecified atom stereocenters. The van der Waals surface area contributed by atoms with Gasteiger partial charge in [-0.2, -0.15) is 0 Å². The molecule has 0 spiro atoms. The zero-order valence-corrected chi connectivity index (χ0v) is 26.2. The quantitative estimate of drug-likeness (QED) is 0.295. The van der Waals surface area contributed by atoms with Gasteiger partial charge in [-0.15, -0.1) is 0 Å². The molecule has 3 aromatic rings. The molecular formula is C33H40FN3O6S. The number of amides is 2. The summed E-state index contributed by atoms with van der Waals surface area (Å²) in [4.78, 5) is 29.7. The van der Waals surface area contributed by atoms with Crippen LogP contribution in [-0.4, -0.2) is 64.2 Å². The van der Waals surface area contributed by atoms with Gasteiger partial charge in [-0.1, -0.05) is 61.7 Å². The maximum Gasteiger partial charge on any atom is 0.244 e. The molecule has 0 radical (unpaired) electrons. The first kappa shape index (κ1) is 32.8. The summed E-state index contributed by atoms with van der Waals surface area (Å²) in [6.45, 7) is -0.628. The fraction of sp³-hybridized carbons (Fsp3) is 0.394. The van der Waals surface area contributed by atoms with Crippen molar-refractivity contribution < 1.29 is 31.9 Å². The highest BCUT2D eigenvalue weighted by Gasteiger charge is 2.34. The van der Waals surface area contributed by atoms with Crippen molar-refractivity contribution in [3.05, 3.63) is 89.7 Å². The van der Waals surface area contributed by atoms with Gasteiger partial charge in [-0.05, 0) is 48.2 Å². The molecule has 1 aliphatic rings. The molecule has 1 N–H and O–H groups in total.